The van der Waals surface area contributed by atoms with Crippen LogP contribution < -0.4 is 0 Å². The SMILES string of the molecule is O=C(O)CC(F)C(F)(F)C(F)(F)C(F)(F)C(F)(F)F. The minimum absolute atomic E-state index is 2.36. The summed E-state index contributed by atoms with van der Waals surface area (Å²) in [6.45, 7) is 0. The fourth-order valence-corrected chi connectivity index (χ4v) is 0.866. The fourth-order valence-electron chi connectivity index (χ4n) is 0.866. The number of rotatable bonds is 5. The van der Waals surface area contributed by atoms with Gasteiger partial charge >= 0.3 is 29.9 Å². The number of aliphatic carboxylic acids is 1. The number of carboxylic acids is 1. The van der Waals surface area contributed by atoms with Gasteiger partial charge in [0.25, 0.3) is 0 Å². The van der Waals surface area contributed by atoms with Gasteiger partial charge in [-0.15, -0.1) is 0 Å². The van der Waals surface area contributed by atoms with Crippen LogP contribution in [-0.4, -0.2) is 41.2 Å². The van der Waals surface area contributed by atoms with E-state index in [-0.39, 0.29) is 0 Å². The molecule has 0 radical (unpaired) electrons. The number of carbonyl (C=O) groups is 1. The van der Waals surface area contributed by atoms with Gasteiger partial charge in [0, 0.05) is 0 Å². The average Bonchev–Trinajstić information content (AvgIpc) is 2.13. The van der Waals surface area contributed by atoms with Crippen molar-refractivity contribution in [1.82, 2.24) is 0 Å². The maximum atomic E-state index is 12.6. The Labute approximate surface area is 97.5 Å². The van der Waals surface area contributed by atoms with Crippen molar-refractivity contribution in [2.45, 2.75) is 36.5 Å². The Morgan fingerprint density at radius 1 is 0.895 bits per heavy atom. The summed E-state index contributed by atoms with van der Waals surface area (Å²) in [4.78, 5) is 9.80. The van der Waals surface area contributed by atoms with Gasteiger partial charge < -0.3 is 5.11 Å². The molecule has 1 N–H and O–H groups in total. The summed E-state index contributed by atoms with van der Waals surface area (Å²) >= 11 is 0. The smallest absolute Gasteiger partial charge is 0.460 e. The topological polar surface area (TPSA) is 37.3 Å². The Balaban J connectivity index is 5.56. The molecule has 0 spiro atoms. The third-order valence-corrected chi connectivity index (χ3v) is 1.92. The molecule has 12 heteroatoms. The summed E-state index contributed by atoms with van der Waals surface area (Å²) in [6.07, 6.45) is -13.9. The van der Waals surface area contributed by atoms with Crippen LogP contribution in [0.25, 0.3) is 0 Å². The maximum Gasteiger partial charge on any atom is 0.460 e. The first-order valence-corrected chi connectivity index (χ1v) is 4.15. The molecule has 0 bridgehead atoms. The van der Waals surface area contributed by atoms with Crippen molar-refractivity contribution in [2.24, 2.45) is 0 Å². The predicted molar refractivity (Wildman–Crippen MR) is 38.0 cm³/mol. The molecule has 0 saturated heterocycles. The summed E-state index contributed by atoms with van der Waals surface area (Å²) in [7, 11) is 0. The van der Waals surface area contributed by atoms with Crippen LogP contribution in [0.3, 0.4) is 0 Å². The second-order valence-corrected chi connectivity index (χ2v) is 3.33. The molecule has 1 unspecified atom stereocenters. The van der Waals surface area contributed by atoms with Gasteiger partial charge in [-0.05, 0) is 0 Å². The molecule has 0 aliphatic heterocycles. The summed E-state index contributed by atoms with van der Waals surface area (Å²) < 4.78 is 122. The Bertz CT molecular complexity index is 346. The highest BCUT2D eigenvalue weighted by Crippen LogP contribution is 2.54. The normalized spacial score (nSPS) is 16.3. The quantitative estimate of drug-likeness (QED) is 0.791. The highest BCUT2D eigenvalue weighted by atomic mass is 19.4. The van der Waals surface area contributed by atoms with Crippen LogP contribution in [-0.2, 0) is 4.79 Å². The standard InChI is InChI=1S/C7H4F10O2/c8-2(1-3(18)19)4(9,10)5(11,12)6(13,14)7(15,16)17/h2H,1H2,(H,18,19). The molecule has 0 aliphatic carbocycles. The molecule has 114 valence electrons. The third kappa shape index (κ3) is 2.86. The van der Waals surface area contributed by atoms with Gasteiger partial charge in [-0.3, -0.25) is 4.79 Å². The van der Waals surface area contributed by atoms with Crippen LogP contribution in [0.1, 0.15) is 6.42 Å². The molecule has 0 aliphatic rings. The first-order valence-electron chi connectivity index (χ1n) is 4.15. The van der Waals surface area contributed by atoms with Gasteiger partial charge in [-0.2, -0.15) is 39.5 Å². The first-order chi connectivity index (χ1) is 8.09. The van der Waals surface area contributed by atoms with E-state index in [1.807, 2.05) is 0 Å². The van der Waals surface area contributed by atoms with Crippen molar-refractivity contribution in [1.29, 1.82) is 0 Å². The van der Waals surface area contributed by atoms with Crippen molar-refractivity contribution in [2.75, 3.05) is 0 Å². The Morgan fingerprint density at radius 3 is 1.53 bits per heavy atom. The molecule has 0 aromatic heterocycles. The molecular formula is C7H4F10O2. The van der Waals surface area contributed by atoms with Crippen LogP contribution >= 0.6 is 0 Å². The number of alkyl halides is 10. The van der Waals surface area contributed by atoms with Gasteiger partial charge in [0.05, 0.1) is 6.42 Å². The van der Waals surface area contributed by atoms with E-state index in [9.17, 15) is 48.7 Å². The second kappa shape index (κ2) is 4.71. The van der Waals surface area contributed by atoms with Crippen molar-refractivity contribution in [3.8, 4) is 0 Å². The van der Waals surface area contributed by atoms with Gasteiger partial charge in [0.15, 0.2) is 6.17 Å². The number of halogens is 10. The molecule has 1 atom stereocenters. The second-order valence-electron chi connectivity index (χ2n) is 3.33. The molecule has 0 aromatic rings. The van der Waals surface area contributed by atoms with E-state index in [0.29, 0.717) is 0 Å². The van der Waals surface area contributed by atoms with Gasteiger partial charge in [-0.1, -0.05) is 0 Å². The third-order valence-electron chi connectivity index (χ3n) is 1.92. The zero-order chi connectivity index (χ0) is 15.9. The molecular weight excluding hydrogens is 306 g/mol. The molecule has 0 saturated carbocycles. The fraction of sp³-hybridized carbons (Fsp3) is 0.857. The number of hydrogen-bond donors (Lipinski definition) is 1. The number of hydrogen-bond acceptors (Lipinski definition) is 1. The monoisotopic (exact) mass is 310 g/mol. The lowest BCUT2D eigenvalue weighted by Crippen LogP contribution is -2.63. The Hall–Kier alpha value is -1.23. The molecule has 0 fully saturated rings. The van der Waals surface area contributed by atoms with Gasteiger partial charge in [0.1, 0.15) is 0 Å². The summed E-state index contributed by atoms with van der Waals surface area (Å²) in [5.41, 5.74) is 0. The molecule has 0 amide bonds. The van der Waals surface area contributed by atoms with Crippen LogP contribution in [0.15, 0.2) is 0 Å². The minimum Gasteiger partial charge on any atom is -0.481 e. The first kappa shape index (κ1) is 17.8. The van der Waals surface area contributed by atoms with Gasteiger partial charge in [0.2, 0.25) is 0 Å². The van der Waals surface area contributed by atoms with Crippen LogP contribution in [0.4, 0.5) is 43.9 Å². The van der Waals surface area contributed by atoms with E-state index in [1.54, 1.807) is 0 Å². The van der Waals surface area contributed by atoms with E-state index in [0.717, 1.165) is 0 Å². The van der Waals surface area contributed by atoms with Crippen molar-refractivity contribution >= 4 is 5.97 Å². The summed E-state index contributed by atoms with van der Waals surface area (Å²) in [5, 5.41) is 7.85. The largest absolute Gasteiger partial charge is 0.481 e. The lowest BCUT2D eigenvalue weighted by atomic mass is 9.98. The molecule has 2 nitrogen and oxygen atoms in total. The highest BCUT2D eigenvalue weighted by molar-refractivity contribution is 5.67. The van der Waals surface area contributed by atoms with Crippen LogP contribution in [0.5, 0.6) is 0 Å². The lowest BCUT2D eigenvalue weighted by molar-refractivity contribution is -0.402. The maximum absolute atomic E-state index is 12.6. The van der Waals surface area contributed by atoms with E-state index >= 15 is 0 Å². The molecule has 0 aromatic carbocycles. The molecule has 0 heterocycles. The van der Waals surface area contributed by atoms with Gasteiger partial charge in [-0.25, -0.2) is 4.39 Å². The predicted octanol–water partition coefficient (Wildman–Crippen LogP) is 3.27. The zero-order valence-electron chi connectivity index (χ0n) is 8.42. The average molecular weight is 310 g/mol. The van der Waals surface area contributed by atoms with Crippen molar-refractivity contribution in [3.63, 3.8) is 0 Å². The van der Waals surface area contributed by atoms with Crippen LogP contribution in [0, 0.1) is 0 Å². The van der Waals surface area contributed by atoms with E-state index in [1.165, 1.54) is 0 Å². The lowest BCUT2D eigenvalue weighted by Gasteiger charge is -2.34. The van der Waals surface area contributed by atoms with Crippen molar-refractivity contribution < 1.29 is 53.8 Å². The minimum atomic E-state index is -7.23. The van der Waals surface area contributed by atoms with Crippen LogP contribution in [0.2, 0.25) is 0 Å². The van der Waals surface area contributed by atoms with Crippen molar-refractivity contribution in [3.05, 3.63) is 0 Å². The van der Waals surface area contributed by atoms with E-state index < -0.39 is 42.5 Å². The molecule has 0 rings (SSSR count). The Morgan fingerprint density at radius 2 is 1.26 bits per heavy atom. The number of carboxylic acid groups (broad SMARTS) is 1. The molecule has 19 heavy (non-hydrogen) atoms. The summed E-state index contributed by atoms with van der Waals surface area (Å²) in [5.74, 6) is -23.3. The van der Waals surface area contributed by atoms with E-state index in [2.05, 4.69) is 0 Å². The highest BCUT2D eigenvalue weighted by Gasteiger charge is 2.83. The zero-order valence-corrected chi connectivity index (χ0v) is 8.42. The Kier molecular flexibility index (Phi) is 4.40. The summed E-state index contributed by atoms with van der Waals surface area (Å²) in [6, 6.07) is 0. The van der Waals surface area contributed by atoms with E-state index in [4.69, 9.17) is 5.11 Å².